The van der Waals surface area contributed by atoms with Gasteiger partial charge in [0.1, 0.15) is 12.1 Å². The molecule has 51 heavy (non-hydrogen) atoms. The Labute approximate surface area is 300 Å². The zero-order valence-corrected chi connectivity index (χ0v) is 28.6. The standard InChI is InChI=1S/C21H23NO3.C20H21NO4.CH4/c1-15-13-18(21(24)25-2)22(14-15)20(23)19(16-9-5-3-6-10-16)17-11-7-4-8-12-17;1-25-20(24)17-12-16(22)13-21(17)19(23)18(14-8-4-2-5-9-14)15-10-6-3-7-11-15;/h3-12,15,18-19H,13-14H2,1-2H3;2-11,16-18,22H,12-13H2,1H3;1H4/t15-,18+;16-,17+;/m11./s1. The number of aliphatic hydroxyl groups is 1. The van der Waals surface area contributed by atoms with Crippen molar-refractivity contribution in [2.24, 2.45) is 5.92 Å². The third kappa shape index (κ3) is 9.10. The van der Waals surface area contributed by atoms with Crippen molar-refractivity contribution in [2.45, 2.75) is 57.2 Å². The Hall–Kier alpha value is -5.28. The first-order valence-electron chi connectivity index (χ1n) is 16.9. The van der Waals surface area contributed by atoms with Gasteiger partial charge in [-0.25, -0.2) is 9.59 Å². The van der Waals surface area contributed by atoms with E-state index in [1.54, 1.807) is 4.90 Å². The van der Waals surface area contributed by atoms with Gasteiger partial charge in [-0.2, -0.15) is 0 Å². The number of methoxy groups -OCH3 is 2. The van der Waals surface area contributed by atoms with Crippen molar-refractivity contribution in [2.75, 3.05) is 27.3 Å². The van der Waals surface area contributed by atoms with Crippen molar-refractivity contribution in [3.8, 4) is 0 Å². The number of aliphatic hydroxyl groups excluding tert-OH is 1. The van der Waals surface area contributed by atoms with E-state index in [1.807, 2.05) is 121 Å². The number of carbonyl (C=O) groups is 4. The Morgan fingerprint density at radius 2 is 0.882 bits per heavy atom. The van der Waals surface area contributed by atoms with Gasteiger partial charge in [0.15, 0.2) is 0 Å². The summed E-state index contributed by atoms with van der Waals surface area (Å²) in [5.74, 6) is -1.75. The Balaban J connectivity index is 0.000000224. The summed E-state index contributed by atoms with van der Waals surface area (Å²) in [6.07, 6.45) is 0.129. The van der Waals surface area contributed by atoms with E-state index < -0.39 is 36.0 Å². The molecular formula is C42H48N2O7. The molecule has 4 aromatic rings. The van der Waals surface area contributed by atoms with Gasteiger partial charge < -0.3 is 24.4 Å². The number of carbonyl (C=O) groups excluding carboxylic acids is 4. The number of amides is 2. The maximum absolute atomic E-state index is 13.4. The van der Waals surface area contributed by atoms with E-state index >= 15 is 0 Å². The molecule has 4 aromatic carbocycles. The third-order valence-corrected chi connectivity index (χ3v) is 9.33. The van der Waals surface area contributed by atoms with Crippen molar-refractivity contribution in [1.29, 1.82) is 0 Å². The molecular weight excluding hydrogens is 644 g/mol. The number of rotatable bonds is 8. The molecule has 2 aliphatic heterocycles. The Morgan fingerprint density at radius 3 is 1.22 bits per heavy atom. The van der Waals surface area contributed by atoms with Gasteiger partial charge in [0.05, 0.1) is 32.2 Å². The van der Waals surface area contributed by atoms with Gasteiger partial charge in [-0.3, -0.25) is 9.59 Å². The molecule has 4 atom stereocenters. The minimum atomic E-state index is -0.748. The highest BCUT2D eigenvalue weighted by atomic mass is 16.5. The highest BCUT2D eigenvalue weighted by Gasteiger charge is 2.43. The summed E-state index contributed by atoms with van der Waals surface area (Å²) in [7, 11) is 2.67. The number of ether oxygens (including phenoxy) is 2. The maximum Gasteiger partial charge on any atom is 0.328 e. The van der Waals surface area contributed by atoms with Gasteiger partial charge in [0, 0.05) is 19.5 Å². The number of nitrogens with zero attached hydrogens (tertiary/aromatic N) is 2. The van der Waals surface area contributed by atoms with Gasteiger partial charge in [-0.1, -0.05) is 136 Å². The minimum absolute atomic E-state index is 0. The average molecular weight is 693 g/mol. The number of hydrogen-bond acceptors (Lipinski definition) is 7. The summed E-state index contributed by atoms with van der Waals surface area (Å²) in [4.78, 5) is 54.1. The number of hydrogen-bond donors (Lipinski definition) is 1. The fraction of sp³-hybridized carbons (Fsp3) is 0.333. The van der Waals surface area contributed by atoms with Crippen molar-refractivity contribution in [1.82, 2.24) is 9.80 Å². The molecule has 268 valence electrons. The smallest absolute Gasteiger partial charge is 0.328 e. The fourth-order valence-corrected chi connectivity index (χ4v) is 6.93. The predicted molar refractivity (Wildman–Crippen MR) is 196 cm³/mol. The zero-order chi connectivity index (χ0) is 35.6. The van der Waals surface area contributed by atoms with E-state index in [4.69, 9.17) is 9.47 Å². The predicted octanol–water partition coefficient (Wildman–Crippen LogP) is 5.82. The molecule has 6 rings (SSSR count). The molecule has 0 unspecified atom stereocenters. The normalized spacial score (nSPS) is 19.5. The van der Waals surface area contributed by atoms with E-state index in [1.165, 1.54) is 19.1 Å². The minimum Gasteiger partial charge on any atom is -0.467 e. The first-order chi connectivity index (χ1) is 24.2. The second-order valence-electron chi connectivity index (χ2n) is 12.8. The molecule has 9 nitrogen and oxygen atoms in total. The van der Waals surface area contributed by atoms with Crippen LogP contribution in [0.3, 0.4) is 0 Å². The van der Waals surface area contributed by atoms with Gasteiger partial charge in [-0.15, -0.1) is 0 Å². The lowest BCUT2D eigenvalue weighted by Crippen LogP contribution is -2.43. The van der Waals surface area contributed by atoms with Gasteiger partial charge in [-0.05, 0) is 34.6 Å². The van der Waals surface area contributed by atoms with Crippen LogP contribution in [0.1, 0.15) is 61.3 Å². The summed E-state index contributed by atoms with van der Waals surface area (Å²) in [5, 5.41) is 9.98. The first-order valence-corrected chi connectivity index (χ1v) is 16.9. The Bertz CT molecular complexity index is 1510. The van der Waals surface area contributed by atoms with Gasteiger partial charge >= 0.3 is 11.9 Å². The second-order valence-corrected chi connectivity index (χ2v) is 12.8. The Morgan fingerprint density at radius 1 is 0.569 bits per heavy atom. The van der Waals surface area contributed by atoms with Crippen molar-refractivity contribution >= 4 is 23.8 Å². The lowest BCUT2D eigenvalue weighted by molar-refractivity contribution is -0.151. The second kappa shape index (κ2) is 18.1. The van der Waals surface area contributed by atoms with Crippen molar-refractivity contribution < 1.29 is 33.8 Å². The quantitative estimate of drug-likeness (QED) is 0.232. The van der Waals surface area contributed by atoms with Crippen LogP contribution in [0.4, 0.5) is 0 Å². The van der Waals surface area contributed by atoms with Gasteiger partial charge in [0.2, 0.25) is 11.8 Å². The monoisotopic (exact) mass is 692 g/mol. The van der Waals surface area contributed by atoms with E-state index in [0.29, 0.717) is 13.0 Å². The molecule has 0 spiro atoms. The van der Waals surface area contributed by atoms with Crippen LogP contribution >= 0.6 is 0 Å². The molecule has 0 aliphatic carbocycles. The van der Waals surface area contributed by atoms with Crippen LogP contribution < -0.4 is 0 Å². The van der Waals surface area contributed by atoms with Crippen LogP contribution in [0.25, 0.3) is 0 Å². The first kappa shape index (κ1) is 38.5. The fourth-order valence-electron chi connectivity index (χ4n) is 6.93. The molecule has 2 aliphatic rings. The number of esters is 2. The lowest BCUT2D eigenvalue weighted by Gasteiger charge is -2.28. The third-order valence-electron chi connectivity index (χ3n) is 9.33. The van der Waals surface area contributed by atoms with Crippen molar-refractivity contribution in [3.63, 3.8) is 0 Å². The van der Waals surface area contributed by atoms with E-state index in [2.05, 4.69) is 6.92 Å². The maximum atomic E-state index is 13.4. The number of likely N-dealkylation sites (tertiary alicyclic amines) is 2. The molecule has 2 fully saturated rings. The summed E-state index contributed by atoms with van der Waals surface area (Å²) < 4.78 is 9.73. The molecule has 0 radical (unpaired) electrons. The van der Waals surface area contributed by atoms with E-state index in [0.717, 1.165) is 22.3 Å². The van der Waals surface area contributed by atoms with Crippen LogP contribution in [0.15, 0.2) is 121 Å². The molecule has 2 saturated heterocycles. The summed E-state index contributed by atoms with van der Waals surface area (Å²) in [5.41, 5.74) is 3.57. The molecule has 1 N–H and O–H groups in total. The summed E-state index contributed by atoms with van der Waals surface area (Å²) >= 11 is 0. The molecule has 2 heterocycles. The SMILES string of the molecule is C.COC(=O)[C@@H]1C[C@@H](C)CN1C(=O)C(c1ccccc1)c1ccccc1.COC(=O)[C@@H]1C[C@@H](O)CN1C(=O)C(c1ccccc1)c1ccccc1. The lowest BCUT2D eigenvalue weighted by atomic mass is 9.90. The molecule has 0 saturated carbocycles. The molecule has 9 heteroatoms. The van der Waals surface area contributed by atoms with E-state index in [-0.39, 0.29) is 44.1 Å². The summed E-state index contributed by atoms with van der Waals surface area (Å²) in [6, 6.07) is 37.1. The zero-order valence-electron chi connectivity index (χ0n) is 28.6. The topological polar surface area (TPSA) is 113 Å². The van der Waals surface area contributed by atoms with Crippen LogP contribution in [-0.2, 0) is 28.7 Å². The molecule has 0 bridgehead atoms. The van der Waals surface area contributed by atoms with Crippen LogP contribution in [0, 0.1) is 5.92 Å². The number of β-amino-alcohol motifs (C(OH)–C–C–N with tert-alkyl or cyclic N) is 1. The number of benzene rings is 4. The average Bonchev–Trinajstić information content (AvgIpc) is 3.75. The van der Waals surface area contributed by atoms with E-state index in [9.17, 15) is 24.3 Å². The molecule has 0 aromatic heterocycles. The highest BCUT2D eigenvalue weighted by Crippen LogP contribution is 2.33. The van der Waals surface area contributed by atoms with Crippen LogP contribution in [-0.4, -0.2) is 84.2 Å². The van der Waals surface area contributed by atoms with Crippen LogP contribution in [0.5, 0.6) is 0 Å². The summed E-state index contributed by atoms with van der Waals surface area (Å²) in [6.45, 7) is 2.77. The van der Waals surface area contributed by atoms with Crippen molar-refractivity contribution in [3.05, 3.63) is 144 Å². The van der Waals surface area contributed by atoms with Crippen LogP contribution in [0.2, 0.25) is 0 Å². The Kier molecular flexibility index (Phi) is 13.7. The highest BCUT2D eigenvalue weighted by molar-refractivity contribution is 5.92. The van der Waals surface area contributed by atoms with Gasteiger partial charge in [0.25, 0.3) is 0 Å². The molecule has 2 amide bonds. The largest absolute Gasteiger partial charge is 0.467 e.